The molecule has 21 heavy (non-hydrogen) atoms. The van der Waals surface area contributed by atoms with E-state index in [2.05, 4.69) is 21.6 Å². The summed E-state index contributed by atoms with van der Waals surface area (Å²) >= 11 is 12.1. The van der Waals surface area contributed by atoms with Gasteiger partial charge in [0.2, 0.25) is 0 Å². The van der Waals surface area contributed by atoms with Gasteiger partial charge in [0, 0.05) is 12.1 Å². The molecule has 4 nitrogen and oxygen atoms in total. The first kappa shape index (κ1) is 14.4. The monoisotopic (exact) mass is 322 g/mol. The molecule has 3 aromatic rings. The average molecular weight is 323 g/mol. The van der Waals surface area contributed by atoms with Crippen molar-refractivity contribution in [2.75, 3.05) is 0 Å². The average Bonchev–Trinajstić information content (AvgIpc) is 2.98. The number of alkyl halides is 1. The molecular weight excluding hydrogens is 307 g/mol. The summed E-state index contributed by atoms with van der Waals surface area (Å²) in [5.41, 5.74) is 3.98. The molecule has 0 aliphatic heterocycles. The van der Waals surface area contributed by atoms with Crippen LogP contribution < -0.4 is 0 Å². The second kappa shape index (κ2) is 5.35. The Morgan fingerprint density at radius 2 is 1.90 bits per heavy atom. The van der Waals surface area contributed by atoms with Crippen molar-refractivity contribution in [3.8, 4) is 0 Å². The van der Waals surface area contributed by atoms with Gasteiger partial charge in [0.25, 0.3) is 0 Å². The highest BCUT2D eigenvalue weighted by Gasteiger charge is 2.21. The van der Waals surface area contributed by atoms with Crippen LogP contribution in [0.1, 0.15) is 30.0 Å². The normalized spacial score (nSPS) is 13.0. The smallest absolute Gasteiger partial charge is 0.159 e. The molecule has 1 unspecified atom stereocenters. The Hall–Kier alpha value is -1.52. The van der Waals surface area contributed by atoms with E-state index in [1.807, 2.05) is 42.9 Å². The molecule has 0 bridgehead atoms. The zero-order valence-electron chi connectivity index (χ0n) is 12.1. The van der Waals surface area contributed by atoms with Gasteiger partial charge in [-0.2, -0.15) is 5.10 Å². The van der Waals surface area contributed by atoms with Crippen LogP contribution in [0.5, 0.6) is 0 Å². The fourth-order valence-corrected chi connectivity index (χ4v) is 3.05. The fourth-order valence-electron chi connectivity index (χ4n) is 2.73. The van der Waals surface area contributed by atoms with Crippen molar-refractivity contribution in [2.24, 2.45) is 7.05 Å². The summed E-state index contributed by atoms with van der Waals surface area (Å²) in [5, 5.41) is 5.18. The fraction of sp³-hybridized carbons (Fsp3) is 0.333. The summed E-state index contributed by atoms with van der Waals surface area (Å²) in [7, 11) is 1.93. The molecule has 0 amide bonds. The maximum atomic E-state index is 6.09. The molecule has 0 aliphatic carbocycles. The summed E-state index contributed by atoms with van der Waals surface area (Å²) in [5.74, 6) is 1.22. The molecule has 2 aromatic heterocycles. The molecule has 1 aromatic carbocycles. The van der Waals surface area contributed by atoms with Gasteiger partial charge in [-0.15, -0.1) is 11.6 Å². The summed E-state index contributed by atoms with van der Waals surface area (Å²) in [6.45, 7) is 4.09. The predicted octanol–water partition coefficient (Wildman–Crippen LogP) is 4.08. The van der Waals surface area contributed by atoms with E-state index < -0.39 is 0 Å². The molecule has 0 saturated carbocycles. The number of imidazole rings is 1. The minimum atomic E-state index is 0.107. The van der Waals surface area contributed by atoms with Gasteiger partial charge in [-0.25, -0.2) is 4.98 Å². The third kappa shape index (κ3) is 2.32. The second-order valence-corrected chi connectivity index (χ2v) is 5.84. The van der Waals surface area contributed by atoms with Gasteiger partial charge in [0.15, 0.2) is 5.65 Å². The van der Waals surface area contributed by atoms with Gasteiger partial charge in [-0.05, 0) is 31.5 Å². The zero-order chi connectivity index (χ0) is 15.1. The van der Waals surface area contributed by atoms with Gasteiger partial charge >= 0.3 is 0 Å². The maximum Gasteiger partial charge on any atom is 0.159 e. The molecular formula is C15H16Cl2N4. The van der Waals surface area contributed by atoms with Crippen LogP contribution in [0.3, 0.4) is 0 Å². The third-order valence-corrected chi connectivity index (χ3v) is 4.26. The number of halogens is 2. The lowest BCUT2D eigenvalue weighted by Gasteiger charge is -2.17. The van der Waals surface area contributed by atoms with E-state index in [1.54, 1.807) is 0 Å². The lowest BCUT2D eigenvalue weighted by Crippen LogP contribution is -2.12. The van der Waals surface area contributed by atoms with Crippen molar-refractivity contribution in [1.29, 1.82) is 0 Å². The number of aromatic nitrogens is 4. The number of benzene rings is 1. The van der Waals surface area contributed by atoms with Crippen LogP contribution in [0.4, 0.5) is 0 Å². The molecule has 1 atom stereocenters. The van der Waals surface area contributed by atoms with Crippen molar-refractivity contribution in [1.82, 2.24) is 19.3 Å². The Bertz CT molecular complexity index is 786. The van der Waals surface area contributed by atoms with E-state index in [0.717, 1.165) is 33.3 Å². The van der Waals surface area contributed by atoms with E-state index in [1.165, 1.54) is 0 Å². The van der Waals surface area contributed by atoms with Crippen molar-refractivity contribution < 1.29 is 0 Å². The largest absolute Gasteiger partial charge is 0.305 e. The molecule has 0 saturated heterocycles. The standard InChI is InChI=1S/C15H16Cl2N4/c1-9-14-15(20(3)19-9)21(13(8-16)18-14)10(2)11-4-6-12(17)7-5-11/h4-7,10H,8H2,1-3H3. The number of hydrogen-bond donors (Lipinski definition) is 0. The van der Waals surface area contributed by atoms with Gasteiger partial charge in [-0.1, -0.05) is 23.7 Å². The van der Waals surface area contributed by atoms with Crippen LogP contribution >= 0.6 is 23.2 Å². The molecule has 3 rings (SSSR count). The summed E-state index contributed by atoms with van der Waals surface area (Å²) in [4.78, 5) is 4.64. The summed E-state index contributed by atoms with van der Waals surface area (Å²) in [6.07, 6.45) is 0. The van der Waals surface area contributed by atoms with E-state index in [4.69, 9.17) is 23.2 Å². The van der Waals surface area contributed by atoms with Crippen LogP contribution in [0.25, 0.3) is 11.2 Å². The van der Waals surface area contributed by atoms with Crippen LogP contribution in [0, 0.1) is 6.92 Å². The SMILES string of the molecule is Cc1nn(C)c2c1nc(CCl)n2C(C)c1ccc(Cl)cc1. The van der Waals surface area contributed by atoms with Crippen molar-refractivity contribution in [3.63, 3.8) is 0 Å². The van der Waals surface area contributed by atoms with Gasteiger partial charge in [-0.3, -0.25) is 4.68 Å². The first-order valence-electron chi connectivity index (χ1n) is 6.74. The predicted molar refractivity (Wildman–Crippen MR) is 86.1 cm³/mol. The van der Waals surface area contributed by atoms with Gasteiger partial charge < -0.3 is 4.57 Å². The zero-order valence-corrected chi connectivity index (χ0v) is 13.7. The van der Waals surface area contributed by atoms with E-state index in [0.29, 0.717) is 5.88 Å². The van der Waals surface area contributed by atoms with Gasteiger partial charge in [0.05, 0.1) is 17.6 Å². The minimum Gasteiger partial charge on any atom is -0.305 e. The third-order valence-electron chi connectivity index (χ3n) is 3.77. The van der Waals surface area contributed by atoms with Crippen molar-refractivity contribution in [2.45, 2.75) is 25.8 Å². The Morgan fingerprint density at radius 1 is 1.24 bits per heavy atom. The molecule has 0 spiro atoms. The number of rotatable bonds is 3. The molecule has 2 heterocycles. The molecule has 110 valence electrons. The Labute approximate surface area is 133 Å². The Morgan fingerprint density at radius 3 is 2.52 bits per heavy atom. The Kier molecular flexibility index (Phi) is 3.68. The highest BCUT2D eigenvalue weighted by molar-refractivity contribution is 6.30. The van der Waals surface area contributed by atoms with Crippen molar-refractivity contribution in [3.05, 3.63) is 46.4 Å². The molecule has 0 N–H and O–H groups in total. The number of aryl methyl sites for hydroxylation is 2. The second-order valence-electron chi connectivity index (χ2n) is 5.14. The van der Waals surface area contributed by atoms with E-state index in [-0.39, 0.29) is 6.04 Å². The highest BCUT2D eigenvalue weighted by Crippen LogP contribution is 2.28. The lowest BCUT2D eigenvalue weighted by atomic mass is 10.1. The van der Waals surface area contributed by atoms with Crippen LogP contribution in [-0.4, -0.2) is 19.3 Å². The summed E-state index contributed by atoms with van der Waals surface area (Å²) in [6, 6.07) is 7.96. The van der Waals surface area contributed by atoms with Crippen LogP contribution in [0.15, 0.2) is 24.3 Å². The van der Waals surface area contributed by atoms with Crippen molar-refractivity contribution >= 4 is 34.4 Å². The number of nitrogens with zero attached hydrogens (tertiary/aromatic N) is 4. The first-order valence-corrected chi connectivity index (χ1v) is 7.66. The minimum absolute atomic E-state index is 0.107. The number of fused-ring (bicyclic) bond motifs is 1. The lowest BCUT2D eigenvalue weighted by molar-refractivity contribution is 0.607. The van der Waals surface area contributed by atoms with E-state index in [9.17, 15) is 0 Å². The maximum absolute atomic E-state index is 6.09. The topological polar surface area (TPSA) is 35.6 Å². The molecule has 6 heteroatoms. The quantitative estimate of drug-likeness (QED) is 0.681. The Balaban J connectivity index is 2.20. The molecule has 0 fully saturated rings. The highest BCUT2D eigenvalue weighted by atomic mass is 35.5. The van der Waals surface area contributed by atoms with E-state index >= 15 is 0 Å². The molecule has 0 radical (unpaired) electrons. The number of hydrogen-bond acceptors (Lipinski definition) is 2. The van der Waals surface area contributed by atoms with Gasteiger partial charge in [0.1, 0.15) is 11.3 Å². The molecule has 0 aliphatic rings. The first-order chi connectivity index (χ1) is 10.0. The van der Waals surface area contributed by atoms with Crippen LogP contribution in [-0.2, 0) is 12.9 Å². The van der Waals surface area contributed by atoms with Crippen LogP contribution in [0.2, 0.25) is 5.02 Å². The summed E-state index contributed by atoms with van der Waals surface area (Å²) < 4.78 is 4.01.